The third-order valence-electron chi connectivity index (χ3n) is 4.14. The molecule has 0 aliphatic carbocycles. The lowest BCUT2D eigenvalue weighted by Gasteiger charge is -2.21. The molecule has 2 heterocycles. The summed E-state index contributed by atoms with van der Waals surface area (Å²) in [5.41, 5.74) is 0.755. The molecule has 8 nitrogen and oxygen atoms in total. The zero-order valence-electron chi connectivity index (χ0n) is 14.0. The smallest absolute Gasteiger partial charge is 0.441 e. The topological polar surface area (TPSA) is 103 Å². The Hall–Kier alpha value is -2.38. The number of nitrogens with zero attached hydrogens (tertiary/aromatic N) is 2. The van der Waals surface area contributed by atoms with Gasteiger partial charge in [-0.15, -0.1) is 0 Å². The second-order valence-electron chi connectivity index (χ2n) is 6.07. The first-order chi connectivity index (χ1) is 11.4. The molecule has 2 atom stereocenters. The number of carbonyl (C=O) groups excluding carboxylic acids is 2. The van der Waals surface area contributed by atoms with Crippen molar-refractivity contribution in [3.05, 3.63) is 28.5 Å². The van der Waals surface area contributed by atoms with Crippen LogP contribution in [-0.4, -0.2) is 34.8 Å². The molecule has 0 bridgehead atoms. The number of methoxy groups -OCH3 is 1. The molecule has 0 radical (unpaired) electrons. The standard InChI is InChI=1S/C16H23N3O5/c1-10(9-13(15(21)23-3)17-11(2)20)8-12-6-4-5-7-14-18-24-16(22)19(12)14/h12-13H,1,4-9H2,2-3H3,(H,17,20). The zero-order valence-corrected chi connectivity index (χ0v) is 14.0. The predicted molar refractivity (Wildman–Crippen MR) is 85.3 cm³/mol. The normalized spacial score (nSPS) is 18.2. The molecule has 2 rings (SSSR count). The summed E-state index contributed by atoms with van der Waals surface area (Å²) in [6, 6.07) is -0.867. The number of fused-ring (bicyclic) bond motifs is 1. The Labute approximate surface area is 139 Å². The van der Waals surface area contributed by atoms with E-state index in [9.17, 15) is 14.4 Å². The predicted octanol–water partition coefficient (Wildman–Crippen LogP) is 1.12. The zero-order chi connectivity index (χ0) is 17.7. The molecule has 24 heavy (non-hydrogen) atoms. The largest absolute Gasteiger partial charge is 0.467 e. The van der Waals surface area contributed by atoms with Gasteiger partial charge in [0.25, 0.3) is 0 Å². The van der Waals surface area contributed by atoms with Crippen molar-refractivity contribution in [3.63, 3.8) is 0 Å². The van der Waals surface area contributed by atoms with Crippen LogP contribution < -0.4 is 11.1 Å². The fourth-order valence-electron chi connectivity index (χ4n) is 3.08. The molecule has 0 saturated heterocycles. The van der Waals surface area contributed by atoms with E-state index in [2.05, 4.69) is 17.1 Å². The summed E-state index contributed by atoms with van der Waals surface area (Å²) < 4.78 is 11.1. The average molecular weight is 337 g/mol. The number of amides is 1. The van der Waals surface area contributed by atoms with Crippen LogP contribution in [0.1, 0.15) is 50.9 Å². The lowest BCUT2D eigenvalue weighted by atomic mass is 9.97. The first kappa shape index (κ1) is 18.0. The highest BCUT2D eigenvalue weighted by Gasteiger charge is 2.26. The van der Waals surface area contributed by atoms with Gasteiger partial charge in [0.2, 0.25) is 5.91 Å². The lowest BCUT2D eigenvalue weighted by molar-refractivity contribution is -0.144. The van der Waals surface area contributed by atoms with Gasteiger partial charge in [-0.2, -0.15) is 0 Å². The van der Waals surface area contributed by atoms with E-state index in [1.165, 1.54) is 14.0 Å². The maximum absolute atomic E-state index is 11.9. The van der Waals surface area contributed by atoms with Gasteiger partial charge in [-0.05, 0) is 25.7 Å². The Morgan fingerprint density at radius 3 is 2.92 bits per heavy atom. The van der Waals surface area contributed by atoms with Crippen LogP contribution in [0.25, 0.3) is 0 Å². The number of rotatable bonds is 6. The number of aromatic nitrogens is 2. The number of carbonyl (C=O) groups is 2. The van der Waals surface area contributed by atoms with Gasteiger partial charge in [-0.25, -0.2) is 9.59 Å². The summed E-state index contributed by atoms with van der Waals surface area (Å²) in [7, 11) is 1.27. The van der Waals surface area contributed by atoms with Crippen molar-refractivity contribution in [2.24, 2.45) is 0 Å². The molecule has 132 valence electrons. The number of hydrogen-bond acceptors (Lipinski definition) is 6. The van der Waals surface area contributed by atoms with E-state index in [-0.39, 0.29) is 18.4 Å². The molecule has 0 spiro atoms. The minimum Gasteiger partial charge on any atom is -0.467 e. The van der Waals surface area contributed by atoms with Crippen LogP contribution in [0, 0.1) is 0 Å². The van der Waals surface area contributed by atoms with Crippen molar-refractivity contribution in [2.75, 3.05) is 7.11 Å². The van der Waals surface area contributed by atoms with Gasteiger partial charge >= 0.3 is 11.7 Å². The monoisotopic (exact) mass is 337 g/mol. The van der Waals surface area contributed by atoms with Crippen LogP contribution >= 0.6 is 0 Å². The molecular formula is C16H23N3O5. The van der Waals surface area contributed by atoms with Gasteiger partial charge in [0.1, 0.15) is 6.04 Å². The number of esters is 1. The Balaban J connectivity index is 2.08. The molecule has 1 aliphatic rings. The Kier molecular flexibility index (Phi) is 5.94. The molecule has 0 saturated carbocycles. The minimum atomic E-state index is -0.774. The van der Waals surface area contributed by atoms with E-state index < -0.39 is 17.8 Å². The number of nitrogens with one attached hydrogen (secondary N) is 1. The molecule has 1 amide bonds. The van der Waals surface area contributed by atoms with Gasteiger partial charge in [-0.1, -0.05) is 23.7 Å². The quantitative estimate of drug-likeness (QED) is 0.616. The summed E-state index contributed by atoms with van der Waals surface area (Å²) in [5, 5.41) is 6.39. The van der Waals surface area contributed by atoms with E-state index in [0.717, 1.165) is 24.8 Å². The van der Waals surface area contributed by atoms with Crippen LogP contribution in [-0.2, 0) is 20.7 Å². The highest BCUT2D eigenvalue weighted by atomic mass is 16.5. The Morgan fingerprint density at radius 1 is 1.50 bits per heavy atom. The van der Waals surface area contributed by atoms with Crippen LogP contribution in [0.3, 0.4) is 0 Å². The first-order valence-electron chi connectivity index (χ1n) is 8.01. The molecule has 0 fully saturated rings. The number of aryl methyl sites for hydroxylation is 1. The third kappa shape index (κ3) is 4.33. The fraction of sp³-hybridized carbons (Fsp3) is 0.625. The molecule has 2 unspecified atom stereocenters. The van der Waals surface area contributed by atoms with E-state index in [0.29, 0.717) is 18.7 Å². The van der Waals surface area contributed by atoms with Gasteiger partial charge in [0.05, 0.1) is 7.11 Å². The average Bonchev–Trinajstić information content (AvgIpc) is 2.76. The van der Waals surface area contributed by atoms with Gasteiger partial charge in [-0.3, -0.25) is 13.9 Å². The minimum absolute atomic E-state index is 0.0932. The SMILES string of the molecule is C=C(CC(NC(C)=O)C(=O)OC)CC1CCCCc2noc(=O)n21. The highest BCUT2D eigenvalue weighted by molar-refractivity contribution is 5.83. The summed E-state index contributed by atoms with van der Waals surface area (Å²) >= 11 is 0. The van der Waals surface area contributed by atoms with Gasteiger partial charge in [0.15, 0.2) is 5.82 Å². The summed E-state index contributed by atoms with van der Waals surface area (Å²) in [5.74, 6) is -0.641. The molecule has 1 aliphatic heterocycles. The molecule has 0 aromatic carbocycles. The Bertz CT molecular complexity index is 675. The highest BCUT2D eigenvalue weighted by Crippen LogP contribution is 2.28. The molecular weight excluding hydrogens is 314 g/mol. The summed E-state index contributed by atoms with van der Waals surface area (Å²) in [4.78, 5) is 34.9. The lowest BCUT2D eigenvalue weighted by Crippen LogP contribution is -2.40. The first-order valence-corrected chi connectivity index (χ1v) is 8.01. The van der Waals surface area contributed by atoms with Crippen molar-refractivity contribution in [2.45, 2.75) is 57.5 Å². The van der Waals surface area contributed by atoms with Gasteiger partial charge in [0, 0.05) is 19.4 Å². The molecule has 1 aromatic rings. The summed E-state index contributed by atoms with van der Waals surface area (Å²) in [6.45, 7) is 5.34. The van der Waals surface area contributed by atoms with Crippen molar-refractivity contribution in [3.8, 4) is 0 Å². The van der Waals surface area contributed by atoms with Crippen LogP contribution in [0.4, 0.5) is 0 Å². The molecule has 8 heteroatoms. The third-order valence-corrected chi connectivity index (χ3v) is 4.14. The van der Waals surface area contributed by atoms with E-state index in [4.69, 9.17) is 9.26 Å². The van der Waals surface area contributed by atoms with Crippen molar-refractivity contribution in [1.29, 1.82) is 0 Å². The second kappa shape index (κ2) is 7.94. The van der Waals surface area contributed by atoms with E-state index in [1.807, 2.05) is 0 Å². The van der Waals surface area contributed by atoms with Gasteiger partial charge < -0.3 is 10.1 Å². The second-order valence-corrected chi connectivity index (χ2v) is 6.07. The maximum atomic E-state index is 11.9. The van der Waals surface area contributed by atoms with Crippen LogP contribution in [0.5, 0.6) is 0 Å². The summed E-state index contributed by atoms with van der Waals surface area (Å²) in [6.07, 6.45) is 4.24. The van der Waals surface area contributed by atoms with E-state index in [1.54, 1.807) is 4.57 Å². The van der Waals surface area contributed by atoms with E-state index >= 15 is 0 Å². The molecule has 1 N–H and O–H groups in total. The maximum Gasteiger partial charge on any atom is 0.441 e. The number of hydrogen-bond donors (Lipinski definition) is 1. The molecule has 1 aromatic heterocycles. The number of ether oxygens (including phenoxy) is 1. The fourth-order valence-corrected chi connectivity index (χ4v) is 3.08. The Morgan fingerprint density at radius 2 is 2.25 bits per heavy atom. The van der Waals surface area contributed by atoms with Crippen molar-refractivity contribution >= 4 is 11.9 Å². The van der Waals surface area contributed by atoms with Crippen molar-refractivity contribution < 1.29 is 18.8 Å². The van der Waals surface area contributed by atoms with Crippen molar-refractivity contribution in [1.82, 2.24) is 15.0 Å². The van der Waals surface area contributed by atoms with Crippen LogP contribution in [0.2, 0.25) is 0 Å². The van der Waals surface area contributed by atoms with Crippen LogP contribution in [0.15, 0.2) is 21.5 Å².